The highest BCUT2D eigenvalue weighted by molar-refractivity contribution is 6.30. The molecule has 1 aromatic carbocycles. The van der Waals surface area contributed by atoms with Crippen LogP contribution in [0.5, 0.6) is 0 Å². The highest BCUT2D eigenvalue weighted by Gasteiger charge is 2.14. The number of likely N-dealkylation sites (tertiary alicyclic amines) is 1. The van der Waals surface area contributed by atoms with Gasteiger partial charge in [0, 0.05) is 23.8 Å². The van der Waals surface area contributed by atoms with E-state index >= 15 is 0 Å². The fraction of sp³-hybridized carbons (Fsp3) is 0.600. The molecular formula is C15H23ClN2. The van der Waals surface area contributed by atoms with Crippen molar-refractivity contribution in [3.8, 4) is 0 Å². The van der Waals surface area contributed by atoms with Crippen LogP contribution in [0.4, 0.5) is 5.69 Å². The van der Waals surface area contributed by atoms with Gasteiger partial charge in [0.15, 0.2) is 0 Å². The fourth-order valence-corrected chi connectivity index (χ4v) is 2.69. The van der Waals surface area contributed by atoms with Crippen LogP contribution < -0.4 is 5.32 Å². The van der Waals surface area contributed by atoms with E-state index in [1.807, 2.05) is 12.1 Å². The van der Waals surface area contributed by atoms with Crippen molar-refractivity contribution in [2.24, 2.45) is 5.92 Å². The monoisotopic (exact) mass is 266 g/mol. The van der Waals surface area contributed by atoms with Crippen LogP contribution in [0, 0.1) is 12.8 Å². The van der Waals surface area contributed by atoms with Crippen LogP contribution in [-0.2, 0) is 0 Å². The predicted molar refractivity (Wildman–Crippen MR) is 79.5 cm³/mol. The van der Waals surface area contributed by atoms with E-state index in [0.717, 1.165) is 24.0 Å². The average molecular weight is 267 g/mol. The Kier molecular flexibility index (Phi) is 4.90. The number of hydrogen-bond donors (Lipinski definition) is 1. The minimum absolute atomic E-state index is 0.808. The lowest BCUT2D eigenvalue weighted by Gasteiger charge is -2.30. The Labute approximate surface area is 115 Å². The normalized spacial score (nSPS) is 17.9. The van der Waals surface area contributed by atoms with Crippen LogP contribution in [0.15, 0.2) is 18.2 Å². The number of piperidine rings is 1. The third-order valence-corrected chi connectivity index (χ3v) is 4.04. The van der Waals surface area contributed by atoms with Gasteiger partial charge in [-0.25, -0.2) is 0 Å². The first-order chi connectivity index (χ1) is 8.65. The number of rotatable bonds is 4. The zero-order chi connectivity index (χ0) is 13.0. The van der Waals surface area contributed by atoms with Gasteiger partial charge in [-0.05, 0) is 62.5 Å². The van der Waals surface area contributed by atoms with Gasteiger partial charge in [-0.1, -0.05) is 18.5 Å². The first-order valence-electron chi connectivity index (χ1n) is 6.87. The van der Waals surface area contributed by atoms with Crippen molar-refractivity contribution >= 4 is 17.3 Å². The van der Waals surface area contributed by atoms with E-state index in [0.29, 0.717) is 0 Å². The predicted octanol–water partition coefficient (Wildman–Crippen LogP) is 3.79. The Morgan fingerprint density at radius 1 is 1.33 bits per heavy atom. The molecule has 100 valence electrons. The van der Waals surface area contributed by atoms with Crippen LogP contribution >= 0.6 is 11.6 Å². The molecule has 1 fully saturated rings. The maximum atomic E-state index is 5.95. The molecule has 0 saturated carbocycles. The summed E-state index contributed by atoms with van der Waals surface area (Å²) in [6, 6.07) is 6.02. The molecular weight excluding hydrogens is 244 g/mol. The average Bonchev–Trinajstić information content (AvgIpc) is 2.34. The number of nitrogens with zero attached hydrogens (tertiary/aromatic N) is 1. The molecule has 18 heavy (non-hydrogen) atoms. The van der Waals surface area contributed by atoms with E-state index in [-0.39, 0.29) is 0 Å². The molecule has 1 aromatic rings. The molecule has 0 aromatic heterocycles. The summed E-state index contributed by atoms with van der Waals surface area (Å²) in [6.45, 7) is 9.10. The molecule has 0 atom stereocenters. The third-order valence-electron chi connectivity index (χ3n) is 3.81. The third kappa shape index (κ3) is 3.89. The lowest BCUT2D eigenvalue weighted by Crippen LogP contribution is -2.36. The standard InChI is InChI=1S/C15H23ClN2/c1-12-5-8-18(9-6-12)10-7-17-15-4-3-14(16)11-13(15)2/h3-4,11-12,17H,5-10H2,1-2H3. The molecule has 1 saturated heterocycles. The van der Waals surface area contributed by atoms with E-state index in [1.165, 1.54) is 37.2 Å². The molecule has 0 spiro atoms. The van der Waals surface area contributed by atoms with Crippen LogP contribution in [-0.4, -0.2) is 31.1 Å². The van der Waals surface area contributed by atoms with Crippen LogP contribution in [0.1, 0.15) is 25.3 Å². The number of benzene rings is 1. The van der Waals surface area contributed by atoms with Gasteiger partial charge in [0.2, 0.25) is 0 Å². The van der Waals surface area contributed by atoms with Gasteiger partial charge in [-0.15, -0.1) is 0 Å². The topological polar surface area (TPSA) is 15.3 Å². The Morgan fingerprint density at radius 2 is 2.06 bits per heavy atom. The molecule has 0 bridgehead atoms. The van der Waals surface area contributed by atoms with E-state index in [4.69, 9.17) is 11.6 Å². The number of halogens is 1. The summed E-state index contributed by atoms with van der Waals surface area (Å²) in [5.74, 6) is 0.910. The van der Waals surface area contributed by atoms with Crippen LogP contribution in [0.25, 0.3) is 0 Å². The number of anilines is 1. The first kappa shape index (κ1) is 13.7. The molecule has 2 nitrogen and oxygen atoms in total. The number of nitrogens with one attached hydrogen (secondary N) is 1. The molecule has 3 heteroatoms. The molecule has 2 rings (SSSR count). The van der Waals surface area contributed by atoms with Crippen molar-refractivity contribution in [1.82, 2.24) is 4.90 Å². The maximum absolute atomic E-state index is 5.95. The van der Waals surface area contributed by atoms with Gasteiger partial charge in [0.05, 0.1) is 0 Å². The SMILES string of the molecule is Cc1cc(Cl)ccc1NCCN1CCC(C)CC1. The minimum Gasteiger partial charge on any atom is -0.384 e. The van der Waals surface area contributed by atoms with E-state index in [1.54, 1.807) is 0 Å². The summed E-state index contributed by atoms with van der Waals surface area (Å²) in [5.41, 5.74) is 2.42. The summed E-state index contributed by atoms with van der Waals surface area (Å²) in [4.78, 5) is 2.55. The zero-order valence-electron chi connectivity index (χ0n) is 11.4. The Balaban J connectivity index is 1.75. The highest BCUT2D eigenvalue weighted by atomic mass is 35.5. The summed E-state index contributed by atoms with van der Waals surface area (Å²) >= 11 is 5.95. The van der Waals surface area contributed by atoms with Gasteiger partial charge in [0.25, 0.3) is 0 Å². The van der Waals surface area contributed by atoms with Crippen LogP contribution in [0.2, 0.25) is 5.02 Å². The van der Waals surface area contributed by atoms with E-state index < -0.39 is 0 Å². The van der Waals surface area contributed by atoms with Gasteiger partial charge in [-0.2, -0.15) is 0 Å². The van der Waals surface area contributed by atoms with Crippen molar-refractivity contribution in [2.75, 3.05) is 31.5 Å². The fourth-order valence-electron chi connectivity index (χ4n) is 2.46. The van der Waals surface area contributed by atoms with Crippen molar-refractivity contribution in [3.05, 3.63) is 28.8 Å². The van der Waals surface area contributed by atoms with Gasteiger partial charge in [0.1, 0.15) is 0 Å². The largest absolute Gasteiger partial charge is 0.384 e. The first-order valence-corrected chi connectivity index (χ1v) is 7.25. The Bertz CT molecular complexity index is 384. The van der Waals surface area contributed by atoms with Crippen molar-refractivity contribution < 1.29 is 0 Å². The van der Waals surface area contributed by atoms with E-state index in [9.17, 15) is 0 Å². The Morgan fingerprint density at radius 3 is 2.72 bits per heavy atom. The molecule has 1 heterocycles. The summed E-state index contributed by atoms with van der Waals surface area (Å²) in [6.07, 6.45) is 2.69. The van der Waals surface area contributed by atoms with Gasteiger partial charge in [-0.3, -0.25) is 0 Å². The number of hydrogen-bond acceptors (Lipinski definition) is 2. The minimum atomic E-state index is 0.808. The van der Waals surface area contributed by atoms with E-state index in [2.05, 4.69) is 30.1 Å². The zero-order valence-corrected chi connectivity index (χ0v) is 12.1. The summed E-state index contributed by atoms with van der Waals surface area (Å²) in [5, 5.41) is 4.31. The Hall–Kier alpha value is -0.730. The quantitative estimate of drug-likeness (QED) is 0.892. The second-order valence-corrected chi connectivity index (χ2v) is 5.85. The molecule has 0 aliphatic carbocycles. The number of aryl methyl sites for hydroxylation is 1. The molecule has 0 amide bonds. The van der Waals surface area contributed by atoms with Crippen molar-refractivity contribution in [2.45, 2.75) is 26.7 Å². The molecule has 0 unspecified atom stereocenters. The van der Waals surface area contributed by atoms with Gasteiger partial charge < -0.3 is 10.2 Å². The second kappa shape index (κ2) is 6.44. The van der Waals surface area contributed by atoms with Crippen molar-refractivity contribution in [3.63, 3.8) is 0 Å². The molecule has 1 aliphatic rings. The molecule has 1 N–H and O–H groups in total. The van der Waals surface area contributed by atoms with Crippen molar-refractivity contribution in [1.29, 1.82) is 0 Å². The lowest BCUT2D eigenvalue weighted by atomic mass is 9.99. The lowest BCUT2D eigenvalue weighted by molar-refractivity contribution is 0.199. The molecule has 1 aliphatic heterocycles. The second-order valence-electron chi connectivity index (χ2n) is 5.41. The highest BCUT2D eigenvalue weighted by Crippen LogP contribution is 2.19. The summed E-state index contributed by atoms with van der Waals surface area (Å²) < 4.78 is 0. The maximum Gasteiger partial charge on any atom is 0.0410 e. The van der Waals surface area contributed by atoms with Gasteiger partial charge >= 0.3 is 0 Å². The summed E-state index contributed by atoms with van der Waals surface area (Å²) in [7, 11) is 0. The van der Waals surface area contributed by atoms with Crippen LogP contribution in [0.3, 0.4) is 0 Å². The molecule has 0 radical (unpaired) electrons. The smallest absolute Gasteiger partial charge is 0.0410 e.